The fourth-order valence-electron chi connectivity index (χ4n) is 1.67. The van der Waals surface area contributed by atoms with E-state index >= 15 is 0 Å². The van der Waals surface area contributed by atoms with E-state index in [-0.39, 0.29) is 0 Å². The van der Waals surface area contributed by atoms with Crippen LogP contribution in [0.1, 0.15) is 11.1 Å². The van der Waals surface area contributed by atoms with Crippen molar-refractivity contribution in [2.24, 2.45) is 5.10 Å². The Morgan fingerprint density at radius 2 is 1.85 bits per heavy atom. The van der Waals surface area contributed by atoms with Crippen molar-refractivity contribution in [1.29, 1.82) is 0 Å². The maximum atomic E-state index is 5.23. The summed E-state index contributed by atoms with van der Waals surface area (Å²) in [5.41, 5.74) is 1.80. The lowest BCUT2D eigenvalue weighted by atomic mass is 10.2. The van der Waals surface area contributed by atoms with Crippen LogP contribution in [0.3, 0.4) is 0 Å². The predicted octanol–water partition coefficient (Wildman–Crippen LogP) is 2.46. The first-order valence-electron chi connectivity index (χ1n) is 6.18. The first-order valence-corrected chi connectivity index (χ1v) is 6.18. The molecule has 0 N–H and O–H groups in total. The van der Waals surface area contributed by atoms with E-state index in [9.17, 15) is 0 Å². The molecule has 0 saturated heterocycles. The van der Waals surface area contributed by atoms with Crippen molar-refractivity contribution in [2.75, 3.05) is 14.2 Å². The number of ether oxygens (including phenoxy) is 2. The fraction of sp³-hybridized carbons (Fsp3) is 0.125. The summed E-state index contributed by atoms with van der Waals surface area (Å²) in [6, 6.07) is 17.2. The molecule has 2 rings (SSSR count). The maximum Gasteiger partial charge on any atom is 0.478 e. The second kappa shape index (κ2) is 7.09. The largest absolute Gasteiger partial charge is 0.497 e. The van der Waals surface area contributed by atoms with Crippen molar-refractivity contribution in [3.05, 3.63) is 65.7 Å². The van der Waals surface area contributed by atoms with E-state index in [2.05, 4.69) is 10.2 Å². The van der Waals surface area contributed by atoms with Crippen molar-refractivity contribution in [3.63, 3.8) is 0 Å². The summed E-state index contributed by atoms with van der Waals surface area (Å²) < 4.78 is 10.4. The fourth-order valence-corrected chi connectivity index (χ4v) is 1.67. The van der Waals surface area contributed by atoms with Crippen LogP contribution in [-0.4, -0.2) is 26.3 Å². The first kappa shape index (κ1) is 13.8. The average Bonchev–Trinajstić information content (AvgIpc) is 2.52. The van der Waals surface area contributed by atoms with Crippen molar-refractivity contribution < 1.29 is 9.47 Å². The zero-order valence-corrected chi connectivity index (χ0v) is 11.5. The van der Waals surface area contributed by atoms with Gasteiger partial charge in [0.2, 0.25) is 0 Å². The maximum absolute atomic E-state index is 5.23. The minimum atomic E-state index is 0.477. The number of hydrogen-bond acceptors (Lipinski definition) is 4. The topological polar surface area (TPSA) is 44.9 Å². The molecule has 0 aliphatic carbocycles. The van der Waals surface area contributed by atoms with E-state index in [0.29, 0.717) is 5.90 Å². The van der Waals surface area contributed by atoms with Crippen LogP contribution in [0.15, 0.2) is 59.7 Å². The Hall–Kier alpha value is -2.62. The summed E-state index contributed by atoms with van der Waals surface area (Å²) in [5, 5.41) is 8.13. The van der Waals surface area contributed by atoms with Crippen LogP contribution in [0.4, 0.5) is 0 Å². The summed E-state index contributed by atoms with van der Waals surface area (Å²) in [4.78, 5) is 0. The number of nitrogens with zero attached hydrogens (tertiary/aromatic N) is 2. The molecule has 4 nitrogen and oxygen atoms in total. The molecule has 0 fully saturated rings. The van der Waals surface area contributed by atoms with Crippen LogP contribution < -0.4 is 9.84 Å². The lowest BCUT2D eigenvalue weighted by Crippen LogP contribution is -2.09. The third kappa shape index (κ3) is 3.68. The standard InChI is InChI=1S/C16H16N2O2/c1-19-15-10-6-7-13(11-15)12-17-18-16(20-2)14-8-4-3-5-9-14/h3-12H,1-2H3/q+1. The van der Waals surface area contributed by atoms with Crippen LogP contribution in [0.5, 0.6) is 5.75 Å². The highest BCUT2D eigenvalue weighted by atomic mass is 16.5. The van der Waals surface area contributed by atoms with E-state index in [1.54, 1.807) is 20.4 Å². The molecule has 20 heavy (non-hydrogen) atoms. The van der Waals surface area contributed by atoms with Gasteiger partial charge in [0.15, 0.2) is 0 Å². The molecule has 2 aromatic carbocycles. The monoisotopic (exact) mass is 268 g/mol. The molecular formula is C16H16N2O2+. The third-order valence-corrected chi connectivity index (χ3v) is 2.66. The van der Waals surface area contributed by atoms with E-state index in [1.165, 1.54) is 0 Å². The molecule has 2 aromatic rings. The van der Waals surface area contributed by atoms with Gasteiger partial charge in [-0.15, -0.1) is 0 Å². The van der Waals surface area contributed by atoms with Gasteiger partial charge in [0.25, 0.3) is 5.10 Å². The number of rotatable bonds is 4. The quantitative estimate of drug-likeness (QED) is 0.486. The molecule has 4 heteroatoms. The third-order valence-electron chi connectivity index (χ3n) is 2.66. The van der Waals surface area contributed by atoms with Gasteiger partial charge in [-0.2, -0.15) is 0 Å². The summed E-state index contributed by atoms with van der Waals surface area (Å²) in [5.74, 6) is 1.26. The molecule has 101 valence electrons. The van der Waals surface area contributed by atoms with Crippen molar-refractivity contribution in [1.82, 2.24) is 5.10 Å². The van der Waals surface area contributed by atoms with Gasteiger partial charge in [-0.1, -0.05) is 30.3 Å². The van der Waals surface area contributed by atoms with Gasteiger partial charge in [-0.3, -0.25) is 0 Å². The lowest BCUT2D eigenvalue weighted by Gasteiger charge is -1.97. The van der Waals surface area contributed by atoms with Crippen molar-refractivity contribution in [2.45, 2.75) is 0 Å². The number of benzene rings is 2. The molecule has 1 radical (unpaired) electrons. The number of methoxy groups -OCH3 is 2. The van der Waals surface area contributed by atoms with Gasteiger partial charge in [0.05, 0.1) is 24.9 Å². The highest BCUT2D eigenvalue weighted by Gasteiger charge is 2.14. The van der Waals surface area contributed by atoms with Crippen LogP contribution >= 0.6 is 0 Å². The molecule has 0 saturated carbocycles. The van der Waals surface area contributed by atoms with Gasteiger partial charge in [0, 0.05) is 5.56 Å². The molecule has 0 spiro atoms. The summed E-state index contributed by atoms with van der Waals surface area (Å²) >= 11 is 0. The van der Waals surface area contributed by atoms with Gasteiger partial charge >= 0.3 is 5.90 Å². The summed E-state index contributed by atoms with van der Waals surface area (Å²) in [6.07, 6.45) is 1.66. The van der Waals surface area contributed by atoms with E-state index in [0.717, 1.165) is 16.9 Å². The van der Waals surface area contributed by atoms with E-state index in [1.807, 2.05) is 54.6 Å². The van der Waals surface area contributed by atoms with Crippen molar-refractivity contribution >= 4 is 12.1 Å². The van der Waals surface area contributed by atoms with Gasteiger partial charge < -0.3 is 9.47 Å². The lowest BCUT2D eigenvalue weighted by molar-refractivity contribution is 0.399. The molecule has 0 unspecified atom stereocenters. The highest BCUT2D eigenvalue weighted by Crippen LogP contribution is 2.10. The minimum absolute atomic E-state index is 0.477. The molecule has 0 aliphatic rings. The molecule has 0 aliphatic heterocycles. The first-order chi connectivity index (χ1) is 9.83. The van der Waals surface area contributed by atoms with Crippen molar-refractivity contribution in [3.8, 4) is 5.75 Å². The Labute approximate surface area is 118 Å². The minimum Gasteiger partial charge on any atom is -0.497 e. The SMILES string of the molecule is COC(=[N+]N=Cc1cccc(OC)c1)c1ccccc1. The number of hydrogen-bond donors (Lipinski definition) is 0. The van der Waals surface area contributed by atoms with Gasteiger partial charge in [-0.05, 0) is 24.3 Å². The molecular weight excluding hydrogens is 252 g/mol. The highest BCUT2D eigenvalue weighted by molar-refractivity contribution is 5.93. The molecule has 0 amide bonds. The predicted molar refractivity (Wildman–Crippen MR) is 80.3 cm³/mol. The summed E-state index contributed by atoms with van der Waals surface area (Å²) in [7, 11) is 3.21. The van der Waals surface area contributed by atoms with E-state index < -0.39 is 0 Å². The van der Waals surface area contributed by atoms with Gasteiger partial charge in [0.1, 0.15) is 12.0 Å². The summed E-state index contributed by atoms with van der Waals surface area (Å²) in [6.45, 7) is 0. The van der Waals surface area contributed by atoms with Crippen LogP contribution in [0, 0.1) is 0 Å². The van der Waals surface area contributed by atoms with Crippen LogP contribution in [0.2, 0.25) is 0 Å². The molecule has 0 atom stereocenters. The average molecular weight is 268 g/mol. The Morgan fingerprint density at radius 1 is 1.05 bits per heavy atom. The Balaban J connectivity index is 2.15. The van der Waals surface area contributed by atoms with E-state index in [4.69, 9.17) is 9.47 Å². The Bertz CT molecular complexity index is 607. The Kier molecular flexibility index (Phi) is 4.89. The molecule has 0 bridgehead atoms. The second-order valence-electron chi connectivity index (χ2n) is 4.00. The van der Waals surface area contributed by atoms with Crippen LogP contribution in [0.25, 0.3) is 0 Å². The normalized spacial score (nSPS) is 11.6. The smallest absolute Gasteiger partial charge is 0.478 e. The zero-order chi connectivity index (χ0) is 14.2. The zero-order valence-electron chi connectivity index (χ0n) is 11.5. The van der Waals surface area contributed by atoms with Gasteiger partial charge in [-0.25, -0.2) is 0 Å². The Morgan fingerprint density at radius 3 is 2.55 bits per heavy atom. The molecule has 0 heterocycles. The van der Waals surface area contributed by atoms with Crippen LogP contribution in [-0.2, 0) is 4.74 Å². The second-order valence-corrected chi connectivity index (χ2v) is 4.00. The molecule has 0 aromatic heterocycles.